The molecule has 2 rings (SSSR count). The lowest BCUT2D eigenvalue weighted by Crippen LogP contribution is -2.36. The predicted molar refractivity (Wildman–Crippen MR) is 119 cm³/mol. The summed E-state index contributed by atoms with van der Waals surface area (Å²) in [4.78, 5) is 0. The van der Waals surface area contributed by atoms with E-state index in [1.54, 1.807) is 0 Å². The fourth-order valence-electron chi connectivity index (χ4n) is 3.51. The van der Waals surface area contributed by atoms with E-state index in [-0.39, 0.29) is 5.60 Å². The molecule has 0 aliphatic carbocycles. The summed E-state index contributed by atoms with van der Waals surface area (Å²) in [6.07, 6.45) is 11.4. The van der Waals surface area contributed by atoms with Gasteiger partial charge in [-0.3, -0.25) is 0 Å². The van der Waals surface area contributed by atoms with Crippen molar-refractivity contribution in [2.24, 2.45) is 0 Å². The Balaban J connectivity index is 1.86. The molecule has 1 atom stereocenters. The highest BCUT2D eigenvalue weighted by Gasteiger charge is 2.32. The minimum atomic E-state index is -0.246. The molecule has 0 aromatic heterocycles. The van der Waals surface area contributed by atoms with Crippen molar-refractivity contribution in [3.63, 3.8) is 0 Å². The Morgan fingerprint density at radius 1 is 1.14 bits per heavy atom. The lowest BCUT2D eigenvalue weighted by atomic mass is 9.88. The van der Waals surface area contributed by atoms with Crippen LogP contribution in [0.4, 0.5) is 0 Å². The van der Waals surface area contributed by atoms with Crippen LogP contribution in [0, 0.1) is 25.7 Å². The number of aryl methyl sites for hydroxylation is 1. The number of phenols is 1. The summed E-state index contributed by atoms with van der Waals surface area (Å²) in [7, 11) is 0. The Morgan fingerprint density at radius 3 is 2.61 bits per heavy atom. The largest absolute Gasteiger partial charge is 0.508 e. The van der Waals surface area contributed by atoms with Gasteiger partial charge in [0, 0.05) is 12.8 Å². The van der Waals surface area contributed by atoms with Crippen LogP contribution in [0.15, 0.2) is 29.4 Å². The molecule has 1 aliphatic rings. The van der Waals surface area contributed by atoms with E-state index in [1.807, 2.05) is 19.9 Å². The van der Waals surface area contributed by atoms with Crippen molar-refractivity contribution in [2.45, 2.75) is 92.1 Å². The zero-order chi connectivity index (χ0) is 20.7. The molecule has 1 aromatic carbocycles. The number of hydrogen-bond acceptors (Lipinski definition) is 2. The molecule has 0 bridgehead atoms. The van der Waals surface area contributed by atoms with Crippen LogP contribution in [0.2, 0.25) is 0 Å². The molecular formula is C26H36O2. The molecule has 0 spiro atoms. The van der Waals surface area contributed by atoms with Gasteiger partial charge in [-0.05, 0) is 96.4 Å². The second-order valence-electron chi connectivity index (χ2n) is 8.63. The van der Waals surface area contributed by atoms with Gasteiger partial charge in [-0.15, -0.1) is 5.92 Å². The summed E-state index contributed by atoms with van der Waals surface area (Å²) in [5.41, 5.74) is 5.65. The first-order valence-corrected chi connectivity index (χ1v) is 10.5. The molecule has 1 aromatic rings. The first-order valence-electron chi connectivity index (χ1n) is 10.5. The van der Waals surface area contributed by atoms with Crippen LogP contribution in [0.5, 0.6) is 11.5 Å². The van der Waals surface area contributed by atoms with Crippen LogP contribution in [-0.4, -0.2) is 10.7 Å². The number of unbranched alkanes of at least 4 members (excludes halogenated alkanes) is 1. The second kappa shape index (κ2) is 9.87. The zero-order valence-electron chi connectivity index (χ0n) is 18.5. The lowest BCUT2D eigenvalue weighted by molar-refractivity contribution is 0.0691. The van der Waals surface area contributed by atoms with Crippen LogP contribution >= 0.6 is 0 Å². The van der Waals surface area contributed by atoms with Crippen molar-refractivity contribution in [3.05, 3.63) is 46.1 Å². The van der Waals surface area contributed by atoms with Crippen molar-refractivity contribution in [1.82, 2.24) is 0 Å². The molecule has 1 heterocycles. The molecule has 0 radical (unpaired) electrons. The third-order valence-corrected chi connectivity index (χ3v) is 5.60. The van der Waals surface area contributed by atoms with E-state index in [1.165, 1.54) is 11.1 Å². The molecule has 0 saturated carbocycles. The number of fused-ring (bicyclic) bond motifs is 1. The molecule has 0 saturated heterocycles. The Kier molecular flexibility index (Phi) is 7.81. The summed E-state index contributed by atoms with van der Waals surface area (Å²) in [6, 6.07) is 1.86. The molecule has 2 nitrogen and oxygen atoms in total. The van der Waals surface area contributed by atoms with E-state index >= 15 is 0 Å². The number of benzene rings is 1. The number of aromatic hydroxyl groups is 1. The number of phenolic OH excluding ortho intramolecular Hbond substituents is 1. The standard InChI is InChI=1S/C26H36O2/c1-19(2)12-11-14-20(3)13-9-7-8-10-16-26(6)17-15-23-18-24(27)21(4)22(5)25(23)28-26/h12-13,18,27H,7,9,11,14-17H2,1-6H3/b20-13+. The molecule has 152 valence electrons. The zero-order valence-corrected chi connectivity index (χ0v) is 18.5. The Labute approximate surface area is 171 Å². The van der Waals surface area contributed by atoms with Gasteiger partial charge in [0.1, 0.15) is 17.1 Å². The molecule has 0 amide bonds. The Morgan fingerprint density at radius 2 is 1.89 bits per heavy atom. The number of ether oxygens (including phenoxy) is 1. The maximum atomic E-state index is 10.0. The maximum Gasteiger partial charge on any atom is 0.126 e. The van der Waals surface area contributed by atoms with Crippen molar-refractivity contribution < 1.29 is 9.84 Å². The van der Waals surface area contributed by atoms with Crippen molar-refractivity contribution in [3.8, 4) is 23.3 Å². The predicted octanol–water partition coefficient (Wildman–Crippen LogP) is 6.96. The third-order valence-electron chi connectivity index (χ3n) is 5.60. The minimum Gasteiger partial charge on any atom is -0.508 e. The third kappa shape index (κ3) is 6.20. The SMILES string of the molecule is CC(C)=CCC/C(C)=C/CCC#CCC1(C)CCc2cc(O)c(C)c(C)c2O1. The van der Waals surface area contributed by atoms with Crippen LogP contribution in [0.3, 0.4) is 0 Å². The van der Waals surface area contributed by atoms with Crippen LogP contribution in [0.1, 0.15) is 82.9 Å². The van der Waals surface area contributed by atoms with Crippen LogP contribution in [0.25, 0.3) is 0 Å². The van der Waals surface area contributed by atoms with Crippen LogP contribution < -0.4 is 4.74 Å². The summed E-state index contributed by atoms with van der Waals surface area (Å²) in [5.74, 6) is 7.97. The van der Waals surface area contributed by atoms with E-state index < -0.39 is 0 Å². The molecular weight excluding hydrogens is 344 g/mol. The highest BCUT2D eigenvalue weighted by Crippen LogP contribution is 2.41. The van der Waals surface area contributed by atoms with Crippen LogP contribution in [-0.2, 0) is 6.42 Å². The highest BCUT2D eigenvalue weighted by molar-refractivity contribution is 5.53. The molecule has 0 fully saturated rings. The Hall–Kier alpha value is -2.14. The number of allylic oxidation sites excluding steroid dienone is 4. The monoisotopic (exact) mass is 380 g/mol. The summed E-state index contributed by atoms with van der Waals surface area (Å²) < 4.78 is 6.36. The molecule has 1 unspecified atom stereocenters. The number of rotatable bonds is 6. The number of hydrogen-bond donors (Lipinski definition) is 1. The minimum absolute atomic E-state index is 0.246. The molecule has 28 heavy (non-hydrogen) atoms. The second-order valence-corrected chi connectivity index (χ2v) is 8.63. The van der Waals surface area contributed by atoms with Crippen molar-refractivity contribution in [1.29, 1.82) is 0 Å². The van der Waals surface area contributed by atoms with Crippen molar-refractivity contribution in [2.75, 3.05) is 0 Å². The van der Waals surface area contributed by atoms with Gasteiger partial charge < -0.3 is 9.84 Å². The fourth-order valence-corrected chi connectivity index (χ4v) is 3.51. The topological polar surface area (TPSA) is 29.5 Å². The maximum absolute atomic E-state index is 10.0. The first kappa shape index (κ1) is 22.2. The van der Waals surface area contributed by atoms with Gasteiger partial charge in [-0.25, -0.2) is 0 Å². The Bertz CT molecular complexity index is 813. The summed E-state index contributed by atoms with van der Waals surface area (Å²) >= 11 is 0. The van der Waals surface area contributed by atoms with Gasteiger partial charge in [-0.2, -0.15) is 0 Å². The normalized spacial score (nSPS) is 18.6. The average Bonchev–Trinajstić information content (AvgIpc) is 2.63. The van der Waals surface area contributed by atoms with E-state index in [4.69, 9.17) is 4.74 Å². The van der Waals surface area contributed by atoms with Gasteiger partial charge >= 0.3 is 0 Å². The van der Waals surface area contributed by atoms with Gasteiger partial charge in [0.15, 0.2) is 0 Å². The van der Waals surface area contributed by atoms with Gasteiger partial charge in [-0.1, -0.05) is 29.2 Å². The molecule has 1 N–H and O–H groups in total. The highest BCUT2D eigenvalue weighted by atomic mass is 16.5. The average molecular weight is 381 g/mol. The van der Waals surface area contributed by atoms with E-state index in [9.17, 15) is 5.11 Å². The van der Waals surface area contributed by atoms with Crippen molar-refractivity contribution >= 4 is 0 Å². The molecule has 1 aliphatic heterocycles. The summed E-state index contributed by atoms with van der Waals surface area (Å²) in [5, 5.41) is 10.0. The van der Waals surface area contributed by atoms with Gasteiger partial charge in [0.05, 0.1) is 0 Å². The quantitative estimate of drug-likeness (QED) is 0.328. The van der Waals surface area contributed by atoms with E-state index in [2.05, 4.69) is 51.7 Å². The van der Waals surface area contributed by atoms with Gasteiger partial charge in [0.2, 0.25) is 0 Å². The van der Waals surface area contributed by atoms with Gasteiger partial charge in [0.25, 0.3) is 0 Å². The smallest absolute Gasteiger partial charge is 0.126 e. The first-order chi connectivity index (χ1) is 13.2. The fraction of sp³-hybridized carbons (Fsp3) is 0.538. The summed E-state index contributed by atoms with van der Waals surface area (Å²) in [6.45, 7) is 12.6. The lowest BCUT2D eigenvalue weighted by Gasteiger charge is -2.36. The van der Waals surface area contributed by atoms with E-state index in [0.29, 0.717) is 5.75 Å². The molecule has 2 heteroatoms. The van der Waals surface area contributed by atoms with E-state index in [0.717, 1.165) is 67.4 Å².